The zero-order chi connectivity index (χ0) is 15.4. The summed E-state index contributed by atoms with van der Waals surface area (Å²) in [5.74, 6) is -0.448. The number of carbonyl (C=O) groups excluding carboxylic acids is 1. The standard InChI is InChI=1S/C15H7Cl2FN2O2/c16-12-9-5-22-13(8(9)4-19-14(12)17)11-7-3-6(18)1-2-10(7)20-15(11)21/h1-4H,5H2,(H,20,21). The number of anilines is 1. The van der Waals surface area contributed by atoms with Gasteiger partial charge in [-0.25, -0.2) is 9.37 Å². The maximum atomic E-state index is 13.5. The maximum Gasteiger partial charge on any atom is 0.260 e. The van der Waals surface area contributed by atoms with Gasteiger partial charge < -0.3 is 10.1 Å². The van der Waals surface area contributed by atoms with E-state index >= 15 is 0 Å². The first-order valence-corrected chi connectivity index (χ1v) is 7.13. The summed E-state index contributed by atoms with van der Waals surface area (Å²) in [6.45, 7) is 0.188. The van der Waals surface area contributed by atoms with Crippen LogP contribution < -0.4 is 5.32 Å². The molecular weight excluding hydrogens is 330 g/mol. The number of fused-ring (bicyclic) bond motifs is 2. The summed E-state index contributed by atoms with van der Waals surface area (Å²) in [6, 6.07) is 4.09. The molecule has 4 rings (SSSR count). The molecule has 2 aromatic rings. The van der Waals surface area contributed by atoms with Crippen LogP contribution in [0.25, 0.3) is 11.3 Å². The monoisotopic (exact) mass is 336 g/mol. The van der Waals surface area contributed by atoms with E-state index in [9.17, 15) is 9.18 Å². The van der Waals surface area contributed by atoms with Crippen LogP contribution in [0.15, 0.2) is 24.4 Å². The number of rotatable bonds is 0. The van der Waals surface area contributed by atoms with Crippen LogP contribution >= 0.6 is 23.2 Å². The lowest BCUT2D eigenvalue weighted by atomic mass is 10.0. The van der Waals surface area contributed by atoms with Crippen molar-refractivity contribution in [2.24, 2.45) is 0 Å². The predicted octanol–water partition coefficient (Wildman–Crippen LogP) is 3.88. The molecule has 7 heteroatoms. The third-order valence-corrected chi connectivity index (χ3v) is 4.43. The first-order chi connectivity index (χ1) is 10.6. The number of hydrogen-bond donors (Lipinski definition) is 1. The van der Waals surface area contributed by atoms with Gasteiger partial charge in [0, 0.05) is 28.6 Å². The Morgan fingerprint density at radius 1 is 1.27 bits per heavy atom. The number of ether oxygens (including phenoxy) is 1. The predicted molar refractivity (Wildman–Crippen MR) is 80.9 cm³/mol. The van der Waals surface area contributed by atoms with E-state index in [1.807, 2.05) is 0 Å². The van der Waals surface area contributed by atoms with Gasteiger partial charge in [-0.2, -0.15) is 0 Å². The molecule has 110 valence electrons. The fourth-order valence-electron chi connectivity index (χ4n) is 2.63. The Balaban J connectivity index is 1.98. The fourth-order valence-corrected chi connectivity index (χ4v) is 3.00. The van der Waals surface area contributed by atoms with Gasteiger partial charge in [0.1, 0.15) is 23.3 Å². The minimum Gasteiger partial charge on any atom is -0.487 e. The number of aromatic nitrogens is 1. The van der Waals surface area contributed by atoms with Gasteiger partial charge in [-0.3, -0.25) is 4.79 Å². The number of pyridine rings is 1. The maximum absolute atomic E-state index is 13.5. The number of carbonyl (C=O) groups is 1. The highest BCUT2D eigenvalue weighted by molar-refractivity contribution is 6.42. The molecule has 1 N–H and O–H groups in total. The van der Waals surface area contributed by atoms with Crippen LogP contribution in [-0.2, 0) is 16.1 Å². The number of benzene rings is 1. The highest BCUT2D eigenvalue weighted by Crippen LogP contribution is 2.43. The van der Waals surface area contributed by atoms with Crippen molar-refractivity contribution in [3.05, 3.63) is 57.1 Å². The molecule has 2 aliphatic rings. The van der Waals surface area contributed by atoms with E-state index in [1.165, 1.54) is 24.4 Å². The summed E-state index contributed by atoms with van der Waals surface area (Å²) in [7, 11) is 0. The van der Waals surface area contributed by atoms with Crippen molar-refractivity contribution < 1.29 is 13.9 Å². The Morgan fingerprint density at radius 2 is 2.09 bits per heavy atom. The third kappa shape index (κ3) is 1.82. The van der Waals surface area contributed by atoms with E-state index < -0.39 is 5.82 Å². The van der Waals surface area contributed by atoms with Crippen molar-refractivity contribution >= 4 is 46.1 Å². The molecule has 4 nitrogen and oxygen atoms in total. The Hall–Kier alpha value is -2.11. The van der Waals surface area contributed by atoms with Crippen LogP contribution in [0.1, 0.15) is 16.7 Å². The molecule has 0 fully saturated rings. The van der Waals surface area contributed by atoms with Crippen LogP contribution in [0, 0.1) is 5.82 Å². The lowest BCUT2D eigenvalue weighted by molar-refractivity contribution is -0.110. The van der Waals surface area contributed by atoms with Gasteiger partial charge in [0.05, 0.1) is 10.6 Å². The van der Waals surface area contributed by atoms with Crippen molar-refractivity contribution in [3.8, 4) is 0 Å². The first-order valence-electron chi connectivity index (χ1n) is 6.38. The Labute approximate surface area is 134 Å². The van der Waals surface area contributed by atoms with Gasteiger partial charge in [-0.1, -0.05) is 23.2 Å². The molecule has 0 bridgehead atoms. The minimum atomic E-state index is -0.432. The van der Waals surface area contributed by atoms with Crippen LogP contribution in [0.3, 0.4) is 0 Å². The zero-order valence-electron chi connectivity index (χ0n) is 10.9. The van der Waals surface area contributed by atoms with Crippen LogP contribution in [0.2, 0.25) is 10.2 Å². The summed E-state index contributed by atoms with van der Waals surface area (Å²) in [5, 5.41) is 3.16. The first kappa shape index (κ1) is 13.5. The van der Waals surface area contributed by atoms with E-state index in [-0.39, 0.29) is 23.2 Å². The highest BCUT2D eigenvalue weighted by atomic mass is 35.5. The molecule has 3 heterocycles. The van der Waals surface area contributed by atoms with Gasteiger partial charge in [-0.15, -0.1) is 0 Å². The van der Waals surface area contributed by atoms with Crippen LogP contribution in [-0.4, -0.2) is 10.9 Å². The lowest BCUT2D eigenvalue weighted by Crippen LogP contribution is -2.05. The van der Waals surface area contributed by atoms with Crippen molar-refractivity contribution in [2.75, 3.05) is 5.32 Å². The van der Waals surface area contributed by atoms with E-state index in [0.29, 0.717) is 33.2 Å². The number of nitrogens with one attached hydrogen (secondary N) is 1. The summed E-state index contributed by atoms with van der Waals surface area (Å²) in [6.07, 6.45) is 1.50. The quantitative estimate of drug-likeness (QED) is 0.586. The third-order valence-electron chi connectivity index (χ3n) is 3.64. The molecule has 0 spiro atoms. The summed E-state index contributed by atoms with van der Waals surface area (Å²) in [5.41, 5.74) is 2.53. The SMILES string of the molecule is O=C1Nc2ccc(F)cc2C1=C1OCc2c1cnc(Cl)c2Cl. The second-order valence-corrected chi connectivity index (χ2v) is 5.63. The second-order valence-electron chi connectivity index (χ2n) is 4.89. The molecule has 1 aromatic heterocycles. The second kappa shape index (κ2) is 4.69. The molecule has 22 heavy (non-hydrogen) atoms. The Bertz CT molecular complexity index is 880. The normalized spacial score (nSPS) is 18.8. The lowest BCUT2D eigenvalue weighted by Gasteiger charge is -2.05. The van der Waals surface area contributed by atoms with Gasteiger partial charge >= 0.3 is 0 Å². The molecule has 0 atom stereocenters. The van der Waals surface area contributed by atoms with E-state index in [2.05, 4.69) is 10.3 Å². The topological polar surface area (TPSA) is 51.2 Å². The summed E-state index contributed by atoms with van der Waals surface area (Å²) >= 11 is 12.0. The largest absolute Gasteiger partial charge is 0.487 e. The van der Waals surface area contributed by atoms with Crippen LogP contribution in [0.4, 0.5) is 10.1 Å². The molecule has 0 aliphatic carbocycles. The number of nitrogens with zero attached hydrogens (tertiary/aromatic N) is 1. The van der Waals surface area contributed by atoms with E-state index in [0.717, 1.165) is 0 Å². The average molecular weight is 337 g/mol. The number of halogens is 3. The van der Waals surface area contributed by atoms with Crippen molar-refractivity contribution in [2.45, 2.75) is 6.61 Å². The van der Waals surface area contributed by atoms with Gasteiger partial charge in [-0.05, 0) is 18.2 Å². The van der Waals surface area contributed by atoms with E-state index in [1.54, 1.807) is 0 Å². The number of amides is 1. The van der Waals surface area contributed by atoms with Gasteiger partial charge in [0.25, 0.3) is 5.91 Å². The Kier molecular flexibility index (Phi) is 2.89. The van der Waals surface area contributed by atoms with E-state index in [4.69, 9.17) is 27.9 Å². The molecule has 0 radical (unpaired) electrons. The number of hydrogen-bond acceptors (Lipinski definition) is 3. The average Bonchev–Trinajstić information content (AvgIpc) is 3.03. The van der Waals surface area contributed by atoms with Crippen molar-refractivity contribution in [3.63, 3.8) is 0 Å². The van der Waals surface area contributed by atoms with Crippen molar-refractivity contribution in [1.82, 2.24) is 4.98 Å². The smallest absolute Gasteiger partial charge is 0.260 e. The summed E-state index contributed by atoms with van der Waals surface area (Å²) in [4.78, 5) is 16.2. The van der Waals surface area contributed by atoms with Crippen molar-refractivity contribution in [1.29, 1.82) is 0 Å². The van der Waals surface area contributed by atoms with Crippen LogP contribution in [0.5, 0.6) is 0 Å². The molecule has 0 saturated heterocycles. The van der Waals surface area contributed by atoms with Gasteiger partial charge in [0.15, 0.2) is 0 Å². The zero-order valence-corrected chi connectivity index (χ0v) is 12.4. The molecule has 2 aliphatic heterocycles. The molecule has 1 aromatic carbocycles. The van der Waals surface area contributed by atoms with Gasteiger partial charge in [0.2, 0.25) is 0 Å². The Morgan fingerprint density at radius 3 is 2.91 bits per heavy atom. The molecule has 1 amide bonds. The molecular formula is C15H7Cl2FN2O2. The highest BCUT2D eigenvalue weighted by Gasteiger charge is 2.34. The fraction of sp³-hybridized carbons (Fsp3) is 0.0667. The minimum absolute atomic E-state index is 0.178. The molecule has 0 saturated carbocycles. The molecule has 0 unspecified atom stereocenters. The summed E-state index contributed by atoms with van der Waals surface area (Å²) < 4.78 is 19.1.